The van der Waals surface area contributed by atoms with Gasteiger partial charge in [-0.15, -0.1) is 0 Å². The molecule has 0 fully saturated rings. The van der Waals surface area contributed by atoms with Gasteiger partial charge in [0.05, 0.1) is 47.0 Å². The van der Waals surface area contributed by atoms with E-state index in [9.17, 15) is 0 Å². The molecule has 0 N–H and O–H groups in total. The van der Waals surface area contributed by atoms with E-state index in [-0.39, 0.29) is 10.1 Å². The fourth-order valence-electron chi connectivity index (χ4n) is 4.63. The Morgan fingerprint density at radius 1 is 0.568 bits per heavy atom. The Kier molecular flexibility index (Phi) is 9.45. The SMILES string of the molecule is CN(C)c1cc(-c2cc(N(C)C)c3nc(CO[Si](C)(C)C(C)(C)C)ccc3c2)cc2ccc(CO[Si](C)(C)C(C)(C)C)nc12. The van der Waals surface area contributed by atoms with E-state index in [2.05, 4.69) is 154 Å². The van der Waals surface area contributed by atoms with Crippen molar-refractivity contribution < 1.29 is 8.85 Å². The highest BCUT2D eigenvalue weighted by Gasteiger charge is 2.38. The molecule has 4 aromatic rings. The maximum atomic E-state index is 6.50. The molecule has 2 heterocycles. The molecule has 0 radical (unpaired) electrons. The first-order valence-electron chi connectivity index (χ1n) is 15.7. The highest BCUT2D eigenvalue weighted by atomic mass is 28.4. The van der Waals surface area contributed by atoms with Crippen molar-refractivity contribution >= 4 is 49.8 Å². The largest absolute Gasteiger partial charge is 0.411 e. The lowest BCUT2D eigenvalue weighted by Gasteiger charge is -2.36. The third kappa shape index (κ3) is 7.19. The minimum atomic E-state index is -1.87. The lowest BCUT2D eigenvalue weighted by Crippen LogP contribution is -2.40. The van der Waals surface area contributed by atoms with E-state index in [1.165, 1.54) is 0 Å². The Labute approximate surface area is 268 Å². The fourth-order valence-corrected chi connectivity index (χ4v) is 6.51. The number of hydrogen-bond donors (Lipinski definition) is 0. The Bertz CT molecular complexity index is 1530. The van der Waals surface area contributed by atoms with Crippen LogP contribution in [0.25, 0.3) is 32.9 Å². The summed E-state index contributed by atoms with van der Waals surface area (Å²) < 4.78 is 13.0. The molecule has 4 rings (SSSR count). The molecule has 0 amide bonds. The number of aromatic nitrogens is 2. The van der Waals surface area contributed by atoms with E-state index in [0.717, 1.165) is 55.7 Å². The number of hydrogen-bond acceptors (Lipinski definition) is 6. The summed E-state index contributed by atoms with van der Waals surface area (Å²) in [6.45, 7) is 23.8. The second-order valence-corrected chi connectivity index (χ2v) is 25.2. The Morgan fingerprint density at radius 3 is 1.20 bits per heavy atom. The molecule has 0 atom stereocenters. The second-order valence-electron chi connectivity index (χ2n) is 15.6. The summed E-state index contributed by atoms with van der Waals surface area (Å²) in [5, 5.41) is 2.55. The number of rotatable bonds is 9. The van der Waals surface area contributed by atoms with Crippen LogP contribution < -0.4 is 9.80 Å². The normalized spacial score (nSPS) is 13.1. The number of pyridine rings is 2. The van der Waals surface area contributed by atoms with Gasteiger partial charge in [-0.25, -0.2) is 9.97 Å². The van der Waals surface area contributed by atoms with E-state index in [4.69, 9.17) is 18.8 Å². The maximum Gasteiger partial charge on any atom is 0.192 e. The van der Waals surface area contributed by atoms with Crippen LogP contribution in [0.4, 0.5) is 11.4 Å². The lowest BCUT2D eigenvalue weighted by molar-refractivity contribution is 0.272. The first kappa shape index (κ1) is 34.1. The predicted molar refractivity (Wildman–Crippen MR) is 195 cm³/mol. The van der Waals surface area contributed by atoms with Crippen molar-refractivity contribution in [3.05, 3.63) is 59.9 Å². The van der Waals surface area contributed by atoms with Gasteiger partial charge in [0, 0.05) is 39.0 Å². The van der Waals surface area contributed by atoms with E-state index in [1.54, 1.807) is 0 Å². The molecule has 0 bridgehead atoms. The summed E-state index contributed by atoms with van der Waals surface area (Å²) in [7, 11) is 4.60. The summed E-state index contributed by atoms with van der Waals surface area (Å²) in [5.41, 5.74) is 8.43. The van der Waals surface area contributed by atoms with Crippen molar-refractivity contribution in [3.8, 4) is 11.1 Å². The number of fused-ring (bicyclic) bond motifs is 2. The van der Waals surface area contributed by atoms with Gasteiger partial charge >= 0.3 is 0 Å². The summed E-state index contributed by atoms with van der Waals surface area (Å²) >= 11 is 0. The first-order chi connectivity index (χ1) is 20.2. The Morgan fingerprint density at radius 2 is 0.909 bits per heavy atom. The number of anilines is 2. The van der Waals surface area contributed by atoms with Gasteiger partial charge in [0.1, 0.15) is 0 Å². The molecule has 0 spiro atoms. The van der Waals surface area contributed by atoms with Crippen molar-refractivity contribution in [2.45, 2.75) is 91.0 Å². The van der Waals surface area contributed by atoms with Gasteiger partial charge in [-0.3, -0.25) is 0 Å². The third-order valence-corrected chi connectivity index (χ3v) is 18.7. The number of benzene rings is 2. The summed E-state index contributed by atoms with van der Waals surface area (Å²) in [6, 6.07) is 17.6. The van der Waals surface area contributed by atoms with Gasteiger partial charge in [0.25, 0.3) is 0 Å². The van der Waals surface area contributed by atoms with Gasteiger partial charge in [0.2, 0.25) is 0 Å². The van der Waals surface area contributed by atoms with Crippen molar-refractivity contribution in [2.24, 2.45) is 0 Å². The van der Waals surface area contributed by atoms with Crippen LogP contribution in [0.3, 0.4) is 0 Å². The van der Waals surface area contributed by atoms with Crippen LogP contribution >= 0.6 is 0 Å². The Hall–Kier alpha value is -2.79. The molecule has 0 aliphatic heterocycles. The van der Waals surface area contributed by atoms with Crippen molar-refractivity contribution in [1.29, 1.82) is 0 Å². The molecular formula is C36H54N4O2Si2. The topological polar surface area (TPSA) is 50.7 Å². The van der Waals surface area contributed by atoms with Crippen LogP contribution in [0.1, 0.15) is 52.9 Å². The predicted octanol–water partition coefficient (Wildman–Crippen LogP) is 9.63. The van der Waals surface area contributed by atoms with Gasteiger partial charge in [-0.05, 0) is 83.8 Å². The fraction of sp³-hybridized carbons (Fsp3) is 0.500. The molecule has 238 valence electrons. The van der Waals surface area contributed by atoms with Gasteiger partial charge in [0.15, 0.2) is 16.6 Å². The van der Waals surface area contributed by atoms with Crippen LogP contribution in [0.15, 0.2) is 48.5 Å². The van der Waals surface area contributed by atoms with E-state index >= 15 is 0 Å². The molecule has 0 saturated carbocycles. The molecule has 0 aliphatic carbocycles. The van der Waals surface area contributed by atoms with Crippen LogP contribution in [-0.2, 0) is 22.1 Å². The standard InChI is InChI=1S/C36H54N4O2Si2/c1-35(2,3)43(11,12)41-23-29-17-15-25-19-27(21-31(39(7)8)33(25)37-29)28-20-26-16-18-30(24-42-44(13,14)36(4,5)6)38-34(26)32(22-28)40(9)10/h15-22H,23-24H2,1-14H3. The van der Waals surface area contributed by atoms with Crippen molar-refractivity contribution in [1.82, 2.24) is 9.97 Å². The van der Waals surface area contributed by atoms with Crippen molar-refractivity contribution in [3.63, 3.8) is 0 Å². The monoisotopic (exact) mass is 630 g/mol. The highest BCUT2D eigenvalue weighted by molar-refractivity contribution is 6.74. The molecule has 0 saturated heterocycles. The number of nitrogens with zero attached hydrogens (tertiary/aromatic N) is 4. The van der Waals surface area contributed by atoms with Crippen LogP contribution in [-0.4, -0.2) is 54.8 Å². The van der Waals surface area contributed by atoms with Gasteiger partial charge < -0.3 is 18.7 Å². The minimum absolute atomic E-state index is 0.161. The van der Waals surface area contributed by atoms with Crippen LogP contribution in [0, 0.1) is 0 Å². The first-order valence-corrected chi connectivity index (χ1v) is 21.5. The Balaban J connectivity index is 1.73. The molecule has 0 unspecified atom stereocenters. The van der Waals surface area contributed by atoms with E-state index in [0.29, 0.717) is 13.2 Å². The zero-order valence-corrected chi connectivity index (χ0v) is 31.6. The zero-order chi connectivity index (χ0) is 32.8. The average Bonchev–Trinajstić information content (AvgIpc) is 2.92. The minimum Gasteiger partial charge on any atom is -0.411 e. The third-order valence-electron chi connectivity index (χ3n) is 9.73. The highest BCUT2D eigenvalue weighted by Crippen LogP contribution is 2.39. The van der Waals surface area contributed by atoms with Crippen LogP contribution in [0.2, 0.25) is 36.3 Å². The van der Waals surface area contributed by atoms with Crippen LogP contribution in [0.5, 0.6) is 0 Å². The lowest BCUT2D eigenvalue weighted by atomic mass is 9.98. The molecule has 0 aliphatic rings. The van der Waals surface area contributed by atoms with Gasteiger partial charge in [-0.2, -0.15) is 0 Å². The zero-order valence-electron chi connectivity index (χ0n) is 29.6. The second kappa shape index (κ2) is 12.2. The van der Waals surface area contributed by atoms with Crippen molar-refractivity contribution in [2.75, 3.05) is 38.0 Å². The molecule has 8 heteroatoms. The molecule has 2 aromatic heterocycles. The van der Waals surface area contributed by atoms with Gasteiger partial charge in [-0.1, -0.05) is 53.7 Å². The summed E-state index contributed by atoms with van der Waals surface area (Å²) in [4.78, 5) is 14.5. The summed E-state index contributed by atoms with van der Waals surface area (Å²) in [5.74, 6) is 0. The molecular weight excluding hydrogens is 577 g/mol. The molecule has 6 nitrogen and oxygen atoms in total. The smallest absolute Gasteiger partial charge is 0.192 e. The quantitative estimate of drug-likeness (QED) is 0.172. The summed E-state index contributed by atoms with van der Waals surface area (Å²) in [6.07, 6.45) is 0. The molecule has 44 heavy (non-hydrogen) atoms. The van der Waals surface area contributed by atoms with E-state index in [1.807, 2.05) is 0 Å². The average molecular weight is 631 g/mol. The van der Waals surface area contributed by atoms with E-state index < -0.39 is 16.6 Å². The maximum absolute atomic E-state index is 6.50. The molecule has 2 aromatic carbocycles.